The molecule has 3 rings (SSSR count). The zero-order chi connectivity index (χ0) is 20.3. The molecule has 0 saturated heterocycles. The lowest BCUT2D eigenvalue weighted by Gasteiger charge is -2.26. The molecule has 28 heavy (non-hydrogen) atoms. The summed E-state index contributed by atoms with van der Waals surface area (Å²) in [4.78, 5) is 39.0. The largest absolute Gasteiger partial charge is 0.502 e. The minimum atomic E-state index is -1.18. The highest BCUT2D eigenvalue weighted by atomic mass is 32.2. The second-order valence-electron chi connectivity index (χ2n) is 6.28. The molecule has 2 aliphatic rings. The molecule has 2 unspecified atom stereocenters. The van der Waals surface area contributed by atoms with Crippen LogP contribution >= 0.6 is 11.8 Å². The standard InChI is InChI=1S/C21H20O6S/c1-3-15(22)21(25)27-18(4-2)26-20(24)13-9-10-17-14(19(13)23)11-12-7-5-6-8-16(12)28-17/h3,5-10,13,18,22H,4,11H2,1-2H3/b15-3-. The highest BCUT2D eigenvalue weighted by molar-refractivity contribution is 8.03. The van der Waals surface area contributed by atoms with Crippen molar-refractivity contribution in [3.63, 3.8) is 0 Å². The molecule has 7 heteroatoms. The van der Waals surface area contributed by atoms with Gasteiger partial charge in [-0.05, 0) is 24.6 Å². The third-order valence-corrected chi connectivity index (χ3v) is 5.65. The fraction of sp³-hybridized carbons (Fsp3) is 0.286. The number of thioether (sulfide) groups is 1. The van der Waals surface area contributed by atoms with Gasteiger partial charge < -0.3 is 14.6 Å². The van der Waals surface area contributed by atoms with Crippen molar-refractivity contribution >= 4 is 29.5 Å². The lowest BCUT2D eigenvalue weighted by Crippen LogP contribution is -2.33. The van der Waals surface area contributed by atoms with Crippen molar-refractivity contribution in [2.24, 2.45) is 5.92 Å². The van der Waals surface area contributed by atoms with E-state index in [1.165, 1.54) is 30.8 Å². The van der Waals surface area contributed by atoms with E-state index in [1.807, 2.05) is 24.3 Å². The summed E-state index contributed by atoms with van der Waals surface area (Å²) < 4.78 is 10.2. The average Bonchev–Trinajstić information content (AvgIpc) is 2.71. The molecule has 1 aromatic rings. The maximum absolute atomic E-state index is 12.9. The van der Waals surface area contributed by atoms with Crippen molar-refractivity contribution in [1.29, 1.82) is 0 Å². The third kappa shape index (κ3) is 4.04. The fourth-order valence-electron chi connectivity index (χ4n) is 2.89. The number of carbonyl (C=O) groups excluding carboxylic acids is 3. The Bertz CT molecular complexity index is 911. The van der Waals surface area contributed by atoms with E-state index in [0.29, 0.717) is 12.0 Å². The van der Waals surface area contributed by atoms with Crippen molar-refractivity contribution in [1.82, 2.24) is 0 Å². The van der Waals surface area contributed by atoms with E-state index >= 15 is 0 Å². The highest BCUT2D eigenvalue weighted by Crippen LogP contribution is 2.42. The smallest absolute Gasteiger partial charge is 0.376 e. The maximum atomic E-state index is 12.9. The molecule has 146 valence electrons. The zero-order valence-corrected chi connectivity index (χ0v) is 16.3. The van der Waals surface area contributed by atoms with E-state index in [2.05, 4.69) is 0 Å². The lowest BCUT2D eigenvalue weighted by atomic mass is 9.88. The first kappa shape index (κ1) is 19.9. The summed E-state index contributed by atoms with van der Waals surface area (Å²) in [6.07, 6.45) is 3.93. The van der Waals surface area contributed by atoms with Gasteiger partial charge in [-0.25, -0.2) is 4.79 Å². The summed E-state index contributed by atoms with van der Waals surface area (Å²) >= 11 is 1.51. The number of hydrogen-bond donors (Lipinski definition) is 1. The van der Waals surface area contributed by atoms with Gasteiger partial charge >= 0.3 is 11.9 Å². The summed E-state index contributed by atoms with van der Waals surface area (Å²) in [6, 6.07) is 7.83. The Morgan fingerprint density at radius 3 is 2.79 bits per heavy atom. The molecule has 0 bridgehead atoms. The molecular weight excluding hydrogens is 380 g/mol. The molecule has 1 N–H and O–H groups in total. The van der Waals surface area contributed by atoms with Crippen LogP contribution in [0.3, 0.4) is 0 Å². The second-order valence-corrected chi connectivity index (χ2v) is 7.37. The summed E-state index contributed by atoms with van der Waals surface area (Å²) in [5.41, 5.74) is 1.63. The van der Waals surface area contributed by atoms with Crippen LogP contribution in [-0.4, -0.2) is 29.1 Å². The zero-order valence-electron chi connectivity index (χ0n) is 15.5. The predicted molar refractivity (Wildman–Crippen MR) is 103 cm³/mol. The molecule has 0 radical (unpaired) electrons. The van der Waals surface area contributed by atoms with Gasteiger partial charge in [0.05, 0.1) is 0 Å². The first-order chi connectivity index (χ1) is 13.4. The Morgan fingerprint density at radius 2 is 2.07 bits per heavy atom. The van der Waals surface area contributed by atoms with Crippen LogP contribution in [0, 0.1) is 5.92 Å². The molecule has 0 spiro atoms. The van der Waals surface area contributed by atoms with Gasteiger partial charge in [-0.3, -0.25) is 9.59 Å². The van der Waals surface area contributed by atoms with E-state index in [1.54, 1.807) is 13.0 Å². The quantitative estimate of drug-likeness (QED) is 0.265. The van der Waals surface area contributed by atoms with E-state index < -0.39 is 29.9 Å². The van der Waals surface area contributed by atoms with Gasteiger partial charge in [0.2, 0.25) is 6.29 Å². The molecule has 1 heterocycles. The molecule has 6 nitrogen and oxygen atoms in total. The number of benzene rings is 1. The van der Waals surface area contributed by atoms with Crippen molar-refractivity contribution in [3.8, 4) is 0 Å². The molecule has 1 aliphatic carbocycles. The minimum absolute atomic E-state index is 0.191. The van der Waals surface area contributed by atoms with Crippen LogP contribution in [0.15, 0.2) is 63.6 Å². The first-order valence-corrected chi connectivity index (χ1v) is 9.74. The van der Waals surface area contributed by atoms with Crippen molar-refractivity contribution in [2.75, 3.05) is 0 Å². The van der Waals surface area contributed by atoms with Gasteiger partial charge in [0.15, 0.2) is 11.5 Å². The Kier molecular flexibility index (Phi) is 6.04. The monoisotopic (exact) mass is 400 g/mol. The van der Waals surface area contributed by atoms with Crippen molar-refractivity contribution in [3.05, 3.63) is 64.3 Å². The summed E-state index contributed by atoms with van der Waals surface area (Å²) in [7, 11) is 0. The number of esters is 2. The summed E-state index contributed by atoms with van der Waals surface area (Å²) in [5.74, 6) is -3.72. The van der Waals surface area contributed by atoms with Gasteiger partial charge in [-0.2, -0.15) is 0 Å². The van der Waals surface area contributed by atoms with Crippen LogP contribution in [0.1, 0.15) is 25.8 Å². The maximum Gasteiger partial charge on any atom is 0.376 e. The van der Waals surface area contributed by atoms with Crippen molar-refractivity contribution < 1.29 is 29.0 Å². The Hall–Kier alpha value is -2.80. The number of aliphatic hydroxyl groups is 1. The summed E-state index contributed by atoms with van der Waals surface area (Å²) in [5, 5.41) is 9.38. The van der Waals surface area contributed by atoms with Gasteiger partial charge in [0, 0.05) is 28.2 Å². The molecular formula is C21H20O6S. The number of fused-ring (bicyclic) bond motifs is 1. The number of Topliss-reactive ketones (excluding diaryl/α,β-unsaturated/α-hetero) is 1. The van der Waals surface area contributed by atoms with Crippen LogP contribution in [-0.2, 0) is 30.3 Å². The Balaban J connectivity index is 1.69. The van der Waals surface area contributed by atoms with E-state index in [9.17, 15) is 19.5 Å². The van der Waals surface area contributed by atoms with Gasteiger partial charge in [-0.1, -0.05) is 49.0 Å². The first-order valence-electron chi connectivity index (χ1n) is 8.92. The van der Waals surface area contributed by atoms with Crippen LogP contribution in [0.2, 0.25) is 0 Å². The lowest BCUT2D eigenvalue weighted by molar-refractivity contribution is -0.189. The predicted octanol–water partition coefficient (Wildman–Crippen LogP) is 3.63. The Labute approximate surface area is 166 Å². The van der Waals surface area contributed by atoms with Crippen LogP contribution < -0.4 is 0 Å². The van der Waals surface area contributed by atoms with E-state index in [4.69, 9.17) is 9.47 Å². The topological polar surface area (TPSA) is 89.9 Å². The fourth-order valence-corrected chi connectivity index (χ4v) is 3.98. The van der Waals surface area contributed by atoms with Crippen LogP contribution in [0.25, 0.3) is 0 Å². The van der Waals surface area contributed by atoms with Gasteiger partial charge in [-0.15, -0.1) is 0 Å². The van der Waals surface area contributed by atoms with Gasteiger partial charge in [0.25, 0.3) is 0 Å². The minimum Gasteiger partial charge on any atom is -0.502 e. The Morgan fingerprint density at radius 1 is 1.32 bits per heavy atom. The number of ketones is 1. The number of hydrogen-bond acceptors (Lipinski definition) is 7. The molecule has 1 aliphatic heterocycles. The third-order valence-electron chi connectivity index (χ3n) is 4.43. The SMILES string of the molecule is C/C=C(\O)C(=O)OC(CC)OC(=O)C1C=CC2=C(Cc3ccccc3S2)C1=O. The summed E-state index contributed by atoms with van der Waals surface area (Å²) in [6.45, 7) is 3.13. The molecule has 2 atom stereocenters. The van der Waals surface area contributed by atoms with E-state index in [-0.39, 0.29) is 12.2 Å². The molecule has 0 saturated carbocycles. The number of allylic oxidation sites excluding steroid dienone is 3. The number of carbonyl (C=O) groups is 3. The molecule has 0 amide bonds. The molecule has 0 fully saturated rings. The van der Waals surface area contributed by atoms with Crippen LogP contribution in [0.4, 0.5) is 0 Å². The van der Waals surface area contributed by atoms with Crippen molar-refractivity contribution in [2.45, 2.75) is 37.9 Å². The molecule has 1 aromatic carbocycles. The average molecular weight is 400 g/mol. The second kappa shape index (κ2) is 8.48. The number of ether oxygens (including phenoxy) is 2. The van der Waals surface area contributed by atoms with Gasteiger partial charge in [0.1, 0.15) is 5.92 Å². The molecule has 0 aromatic heterocycles. The number of rotatable bonds is 5. The number of aliphatic hydroxyl groups excluding tert-OH is 1. The normalized spacial score (nSPS) is 19.6. The van der Waals surface area contributed by atoms with E-state index in [0.717, 1.165) is 15.4 Å². The van der Waals surface area contributed by atoms with Crippen LogP contribution in [0.5, 0.6) is 0 Å². The highest BCUT2D eigenvalue weighted by Gasteiger charge is 2.36.